The van der Waals surface area contributed by atoms with Gasteiger partial charge in [-0.15, -0.1) is 0 Å². The van der Waals surface area contributed by atoms with Gasteiger partial charge in [0.1, 0.15) is 0 Å². The van der Waals surface area contributed by atoms with E-state index in [1.54, 1.807) is 0 Å². The maximum absolute atomic E-state index is 11.8. The van der Waals surface area contributed by atoms with Crippen LogP contribution in [0, 0.1) is 0 Å². The number of likely N-dealkylation sites (N-methyl/N-ethyl adjacent to an activating group) is 1. The summed E-state index contributed by atoms with van der Waals surface area (Å²) in [7, 11) is 2.19. The number of benzene rings is 1. The summed E-state index contributed by atoms with van der Waals surface area (Å²) in [5, 5.41) is 0. The molecule has 0 bridgehead atoms. The zero-order valence-corrected chi connectivity index (χ0v) is 13.0. The predicted octanol–water partition coefficient (Wildman–Crippen LogP) is 2.10. The molecule has 0 N–H and O–H groups in total. The van der Waals surface area contributed by atoms with Crippen LogP contribution in [0.3, 0.4) is 0 Å². The SMILES string of the molecule is CCOC(=O)c1ccc2c(c1)CC[C@H]2N1CCN(C)CC1. The van der Waals surface area contributed by atoms with Crippen LogP contribution in [-0.4, -0.2) is 55.6 Å². The minimum atomic E-state index is -0.205. The standard InChI is InChI=1S/C17H24N2O2/c1-3-21-17(20)14-4-6-15-13(12-14)5-7-16(15)19-10-8-18(2)9-11-19/h4,6,12,16H,3,5,7-11H2,1-2H3/t16-/m1/s1. The number of ether oxygens (including phenoxy) is 1. The third-order valence-corrected chi connectivity index (χ3v) is 4.68. The summed E-state index contributed by atoms with van der Waals surface area (Å²) >= 11 is 0. The number of aryl methyl sites for hydroxylation is 1. The van der Waals surface area contributed by atoms with Gasteiger partial charge >= 0.3 is 5.97 Å². The molecule has 1 saturated heterocycles. The average molecular weight is 288 g/mol. The van der Waals surface area contributed by atoms with Crippen molar-refractivity contribution in [2.24, 2.45) is 0 Å². The molecule has 4 nitrogen and oxygen atoms in total. The van der Waals surface area contributed by atoms with Crippen LogP contribution in [0.2, 0.25) is 0 Å². The summed E-state index contributed by atoms with van der Waals surface area (Å²) in [6.45, 7) is 6.84. The molecule has 1 aliphatic heterocycles. The number of hydrogen-bond acceptors (Lipinski definition) is 4. The Kier molecular flexibility index (Phi) is 4.27. The van der Waals surface area contributed by atoms with E-state index in [9.17, 15) is 4.79 Å². The maximum atomic E-state index is 11.8. The fourth-order valence-electron chi connectivity index (χ4n) is 3.45. The summed E-state index contributed by atoms with van der Waals surface area (Å²) in [4.78, 5) is 16.8. The molecule has 0 radical (unpaired) electrons. The topological polar surface area (TPSA) is 32.8 Å². The van der Waals surface area contributed by atoms with Crippen molar-refractivity contribution in [2.75, 3.05) is 39.8 Å². The number of rotatable bonds is 3. The molecule has 3 rings (SSSR count). The monoisotopic (exact) mass is 288 g/mol. The zero-order chi connectivity index (χ0) is 14.8. The molecule has 0 aromatic heterocycles. The number of nitrogens with zero attached hydrogens (tertiary/aromatic N) is 2. The lowest BCUT2D eigenvalue weighted by atomic mass is 10.0. The van der Waals surface area contributed by atoms with Gasteiger partial charge in [-0.2, -0.15) is 0 Å². The first-order valence-electron chi connectivity index (χ1n) is 7.91. The van der Waals surface area contributed by atoms with Crippen molar-refractivity contribution in [1.29, 1.82) is 0 Å². The van der Waals surface area contributed by atoms with Crippen molar-refractivity contribution in [3.63, 3.8) is 0 Å². The van der Waals surface area contributed by atoms with Crippen molar-refractivity contribution in [3.8, 4) is 0 Å². The van der Waals surface area contributed by atoms with Gasteiger partial charge in [-0.05, 0) is 50.1 Å². The first kappa shape index (κ1) is 14.5. The Labute approximate surface area is 126 Å². The fraction of sp³-hybridized carbons (Fsp3) is 0.588. The predicted molar refractivity (Wildman–Crippen MR) is 82.5 cm³/mol. The van der Waals surface area contributed by atoms with E-state index in [-0.39, 0.29) is 5.97 Å². The van der Waals surface area contributed by atoms with E-state index < -0.39 is 0 Å². The number of hydrogen-bond donors (Lipinski definition) is 0. The van der Waals surface area contributed by atoms with Crippen LogP contribution in [0.5, 0.6) is 0 Å². The molecule has 4 heteroatoms. The largest absolute Gasteiger partial charge is 0.462 e. The Balaban J connectivity index is 1.75. The van der Waals surface area contributed by atoms with E-state index in [0.717, 1.165) is 32.6 Å². The van der Waals surface area contributed by atoms with E-state index in [0.29, 0.717) is 18.2 Å². The van der Waals surface area contributed by atoms with Crippen LogP contribution in [0.4, 0.5) is 0 Å². The number of carbonyl (C=O) groups excluding carboxylic acids is 1. The first-order valence-corrected chi connectivity index (χ1v) is 7.91. The number of fused-ring (bicyclic) bond motifs is 1. The second-order valence-electron chi connectivity index (χ2n) is 6.03. The van der Waals surface area contributed by atoms with Gasteiger partial charge in [-0.25, -0.2) is 4.79 Å². The smallest absolute Gasteiger partial charge is 0.338 e. The van der Waals surface area contributed by atoms with Crippen LogP contribution >= 0.6 is 0 Å². The Hall–Kier alpha value is -1.39. The van der Waals surface area contributed by atoms with E-state index in [1.165, 1.54) is 17.5 Å². The molecular weight excluding hydrogens is 264 g/mol. The summed E-state index contributed by atoms with van der Waals surface area (Å²) in [6.07, 6.45) is 2.24. The second-order valence-corrected chi connectivity index (χ2v) is 6.03. The number of carbonyl (C=O) groups is 1. The number of piperazine rings is 1. The minimum Gasteiger partial charge on any atom is -0.462 e. The molecule has 1 heterocycles. The second kappa shape index (κ2) is 6.16. The van der Waals surface area contributed by atoms with Crippen LogP contribution in [0.1, 0.15) is 40.9 Å². The third kappa shape index (κ3) is 2.97. The van der Waals surface area contributed by atoms with Crippen molar-refractivity contribution in [1.82, 2.24) is 9.80 Å². The van der Waals surface area contributed by atoms with Gasteiger partial charge in [0, 0.05) is 32.2 Å². The van der Waals surface area contributed by atoms with Crippen molar-refractivity contribution in [3.05, 3.63) is 34.9 Å². The summed E-state index contributed by atoms with van der Waals surface area (Å²) in [6, 6.07) is 6.62. The molecule has 0 saturated carbocycles. The van der Waals surface area contributed by atoms with E-state index in [1.807, 2.05) is 19.1 Å². The van der Waals surface area contributed by atoms with Gasteiger partial charge < -0.3 is 9.64 Å². The molecule has 1 aliphatic carbocycles. The molecule has 2 aliphatic rings. The molecular formula is C17H24N2O2. The Bertz CT molecular complexity index is 522. The van der Waals surface area contributed by atoms with Crippen molar-refractivity contribution >= 4 is 5.97 Å². The Morgan fingerprint density at radius 1 is 1.29 bits per heavy atom. The average Bonchev–Trinajstić information content (AvgIpc) is 2.91. The molecule has 21 heavy (non-hydrogen) atoms. The Morgan fingerprint density at radius 2 is 2.05 bits per heavy atom. The highest BCUT2D eigenvalue weighted by Crippen LogP contribution is 2.36. The summed E-state index contributed by atoms with van der Waals surface area (Å²) < 4.78 is 5.09. The van der Waals surface area contributed by atoms with Gasteiger partial charge in [-0.3, -0.25) is 4.90 Å². The van der Waals surface area contributed by atoms with E-state index in [4.69, 9.17) is 4.74 Å². The van der Waals surface area contributed by atoms with Crippen LogP contribution in [0.15, 0.2) is 18.2 Å². The van der Waals surface area contributed by atoms with Crippen LogP contribution in [-0.2, 0) is 11.2 Å². The highest BCUT2D eigenvalue weighted by atomic mass is 16.5. The maximum Gasteiger partial charge on any atom is 0.338 e. The highest BCUT2D eigenvalue weighted by Gasteiger charge is 2.30. The van der Waals surface area contributed by atoms with Crippen molar-refractivity contribution < 1.29 is 9.53 Å². The minimum absolute atomic E-state index is 0.205. The first-order chi connectivity index (χ1) is 10.2. The van der Waals surface area contributed by atoms with Gasteiger partial charge in [0.25, 0.3) is 0 Å². The lowest BCUT2D eigenvalue weighted by molar-refractivity contribution is 0.0526. The van der Waals surface area contributed by atoms with Gasteiger partial charge in [0.05, 0.1) is 12.2 Å². The summed E-state index contributed by atoms with van der Waals surface area (Å²) in [5.41, 5.74) is 3.42. The third-order valence-electron chi connectivity index (χ3n) is 4.68. The number of esters is 1. The zero-order valence-electron chi connectivity index (χ0n) is 13.0. The molecule has 1 fully saturated rings. The van der Waals surface area contributed by atoms with E-state index in [2.05, 4.69) is 22.9 Å². The van der Waals surface area contributed by atoms with E-state index >= 15 is 0 Å². The fourth-order valence-corrected chi connectivity index (χ4v) is 3.45. The molecule has 1 atom stereocenters. The van der Waals surface area contributed by atoms with Gasteiger partial charge in [-0.1, -0.05) is 6.07 Å². The molecule has 1 aromatic rings. The molecule has 0 spiro atoms. The summed E-state index contributed by atoms with van der Waals surface area (Å²) in [5.74, 6) is -0.205. The molecule has 0 unspecified atom stereocenters. The normalized spacial score (nSPS) is 23.0. The Morgan fingerprint density at radius 3 is 2.76 bits per heavy atom. The highest BCUT2D eigenvalue weighted by molar-refractivity contribution is 5.89. The van der Waals surface area contributed by atoms with Crippen molar-refractivity contribution in [2.45, 2.75) is 25.8 Å². The van der Waals surface area contributed by atoms with Crippen LogP contribution in [0.25, 0.3) is 0 Å². The molecule has 1 aromatic carbocycles. The molecule has 114 valence electrons. The van der Waals surface area contributed by atoms with Gasteiger partial charge in [0.2, 0.25) is 0 Å². The lowest BCUT2D eigenvalue weighted by Gasteiger charge is -2.36. The quantitative estimate of drug-likeness (QED) is 0.798. The molecule has 0 amide bonds. The van der Waals surface area contributed by atoms with Crippen LogP contribution < -0.4 is 0 Å². The lowest BCUT2D eigenvalue weighted by Crippen LogP contribution is -2.45. The van der Waals surface area contributed by atoms with Gasteiger partial charge in [0.15, 0.2) is 0 Å².